The Kier molecular flexibility index (Phi) is 5.33. The van der Waals surface area contributed by atoms with E-state index < -0.39 is 0 Å². The zero-order valence-corrected chi connectivity index (χ0v) is 15.3. The van der Waals surface area contributed by atoms with Gasteiger partial charge in [-0.15, -0.1) is 11.8 Å². The number of pyridine rings is 1. The number of aromatic nitrogens is 1. The highest BCUT2D eigenvalue weighted by Crippen LogP contribution is 2.34. The smallest absolute Gasteiger partial charge is 0.230 e. The van der Waals surface area contributed by atoms with Crippen LogP contribution in [-0.2, 0) is 0 Å². The molecule has 7 heteroatoms. The Balaban J connectivity index is 2.00. The maximum absolute atomic E-state index is 9.57. The lowest BCUT2D eigenvalue weighted by Gasteiger charge is -2.20. The minimum absolute atomic E-state index is 0.395. The van der Waals surface area contributed by atoms with Crippen molar-refractivity contribution in [2.45, 2.75) is 13.8 Å². The molecule has 132 valence electrons. The lowest BCUT2D eigenvalue weighted by Crippen LogP contribution is -2.29. The second-order valence-electron chi connectivity index (χ2n) is 5.79. The van der Waals surface area contributed by atoms with Crippen molar-refractivity contribution in [3.8, 4) is 17.4 Å². The number of rotatable bonds is 4. The van der Waals surface area contributed by atoms with E-state index in [2.05, 4.69) is 10.1 Å². The van der Waals surface area contributed by atoms with Crippen molar-refractivity contribution in [2.75, 3.05) is 25.3 Å². The van der Waals surface area contributed by atoms with Gasteiger partial charge in [-0.3, -0.25) is 0 Å². The van der Waals surface area contributed by atoms with Crippen LogP contribution in [0.2, 0.25) is 0 Å². The number of hydrogen-bond donors (Lipinski definition) is 1. The highest BCUT2D eigenvalue weighted by molar-refractivity contribution is 7.99. The molecule has 0 unspecified atom stereocenters. The van der Waals surface area contributed by atoms with E-state index >= 15 is 0 Å². The molecule has 1 fully saturated rings. The largest absolute Gasteiger partial charge is 0.493 e. The van der Waals surface area contributed by atoms with Gasteiger partial charge in [-0.2, -0.15) is 0 Å². The predicted molar refractivity (Wildman–Crippen MR) is 99.1 cm³/mol. The van der Waals surface area contributed by atoms with Crippen LogP contribution in [0.15, 0.2) is 35.5 Å². The van der Waals surface area contributed by atoms with Crippen LogP contribution in [0, 0.1) is 13.8 Å². The summed E-state index contributed by atoms with van der Waals surface area (Å²) in [5.41, 5.74) is 2.55. The minimum atomic E-state index is 0.395. The van der Waals surface area contributed by atoms with Crippen molar-refractivity contribution in [1.82, 2.24) is 9.88 Å². The zero-order chi connectivity index (χ0) is 17.8. The van der Waals surface area contributed by atoms with E-state index in [4.69, 9.17) is 9.47 Å². The topological polar surface area (TPSA) is 67.2 Å². The molecule has 1 aliphatic rings. The number of ether oxygens (including phenoxy) is 2. The van der Waals surface area contributed by atoms with E-state index in [1.54, 1.807) is 18.9 Å². The van der Waals surface area contributed by atoms with E-state index in [0.29, 0.717) is 28.8 Å². The summed E-state index contributed by atoms with van der Waals surface area (Å²) in [5, 5.41) is 13.1. The maximum atomic E-state index is 9.57. The number of benzene rings is 1. The molecule has 0 spiro atoms. The first-order chi connectivity index (χ1) is 12.1. The molecule has 0 amide bonds. The summed E-state index contributed by atoms with van der Waals surface area (Å²) in [6.45, 7) is 4.71. The van der Waals surface area contributed by atoms with Crippen molar-refractivity contribution in [3.63, 3.8) is 0 Å². The van der Waals surface area contributed by atoms with Gasteiger partial charge in [-0.1, -0.05) is 11.2 Å². The molecular weight excluding hydrogens is 338 g/mol. The number of methoxy groups -OCH3 is 1. The maximum Gasteiger partial charge on any atom is 0.230 e. The summed E-state index contributed by atoms with van der Waals surface area (Å²) in [4.78, 5) is 6.51. The van der Waals surface area contributed by atoms with Gasteiger partial charge in [0.15, 0.2) is 17.3 Å². The van der Waals surface area contributed by atoms with Crippen molar-refractivity contribution >= 4 is 17.6 Å². The SMILES string of the molecule is COc1cc(C)ccc1Oc1nc(C)ccc1/C(=N/O)N1CCSC1. The first-order valence-corrected chi connectivity index (χ1v) is 9.13. The fourth-order valence-corrected chi connectivity index (χ4v) is 3.56. The van der Waals surface area contributed by atoms with Crippen LogP contribution in [-0.4, -0.2) is 46.2 Å². The quantitative estimate of drug-likeness (QED) is 0.389. The molecule has 0 radical (unpaired) electrons. The zero-order valence-electron chi connectivity index (χ0n) is 14.5. The Morgan fingerprint density at radius 2 is 2.08 bits per heavy atom. The second-order valence-corrected chi connectivity index (χ2v) is 6.86. The molecule has 1 aromatic heterocycles. The van der Waals surface area contributed by atoms with Crippen LogP contribution in [0.3, 0.4) is 0 Å². The van der Waals surface area contributed by atoms with E-state index in [9.17, 15) is 5.21 Å². The fourth-order valence-electron chi connectivity index (χ4n) is 2.61. The van der Waals surface area contributed by atoms with Crippen LogP contribution in [0.4, 0.5) is 0 Å². The average Bonchev–Trinajstić information content (AvgIpc) is 3.13. The standard InChI is InChI=1S/C18H21N3O3S/c1-12-4-7-15(16(10-12)23-3)24-18-14(6-5-13(2)19-18)17(20-22)21-8-9-25-11-21/h4-7,10,22H,8-9,11H2,1-3H3/b20-17-. The Hall–Kier alpha value is -2.41. The predicted octanol–water partition coefficient (Wildman–Crippen LogP) is 3.64. The molecule has 25 heavy (non-hydrogen) atoms. The number of nitrogens with zero attached hydrogens (tertiary/aromatic N) is 3. The molecule has 6 nitrogen and oxygen atoms in total. The first-order valence-electron chi connectivity index (χ1n) is 7.97. The Morgan fingerprint density at radius 3 is 2.76 bits per heavy atom. The summed E-state index contributed by atoms with van der Waals surface area (Å²) >= 11 is 1.79. The van der Waals surface area contributed by atoms with Crippen LogP contribution < -0.4 is 9.47 Å². The number of amidine groups is 1. The molecule has 2 aromatic rings. The highest BCUT2D eigenvalue weighted by atomic mass is 32.2. The molecule has 0 aliphatic carbocycles. The van der Waals surface area contributed by atoms with Gasteiger partial charge in [-0.25, -0.2) is 4.98 Å². The summed E-state index contributed by atoms with van der Waals surface area (Å²) in [6, 6.07) is 9.46. The molecule has 0 bridgehead atoms. The van der Waals surface area contributed by atoms with Gasteiger partial charge in [0.1, 0.15) is 0 Å². The van der Waals surface area contributed by atoms with E-state index in [0.717, 1.165) is 29.4 Å². The molecule has 1 saturated heterocycles. The molecule has 1 aliphatic heterocycles. The molecule has 3 rings (SSSR count). The highest BCUT2D eigenvalue weighted by Gasteiger charge is 2.23. The number of aryl methyl sites for hydroxylation is 2. The van der Waals surface area contributed by atoms with Crippen molar-refractivity contribution in [1.29, 1.82) is 0 Å². The third kappa shape index (κ3) is 3.82. The Morgan fingerprint density at radius 1 is 1.24 bits per heavy atom. The molecule has 2 heterocycles. The van der Waals surface area contributed by atoms with Gasteiger partial charge >= 0.3 is 0 Å². The number of thioether (sulfide) groups is 1. The molecule has 0 saturated carbocycles. The van der Waals surface area contributed by atoms with Crippen LogP contribution in [0.5, 0.6) is 17.4 Å². The molecule has 0 atom stereocenters. The average molecular weight is 359 g/mol. The van der Waals surface area contributed by atoms with Crippen LogP contribution in [0.1, 0.15) is 16.8 Å². The van der Waals surface area contributed by atoms with E-state index in [-0.39, 0.29) is 0 Å². The monoisotopic (exact) mass is 359 g/mol. The number of hydrogen-bond acceptors (Lipinski definition) is 6. The molecular formula is C18H21N3O3S. The number of oxime groups is 1. The summed E-state index contributed by atoms with van der Waals surface area (Å²) in [7, 11) is 1.61. The van der Waals surface area contributed by atoms with Gasteiger partial charge in [0.2, 0.25) is 5.88 Å². The first kappa shape index (κ1) is 17.4. The normalized spacial score (nSPS) is 14.7. The van der Waals surface area contributed by atoms with E-state index in [1.165, 1.54) is 0 Å². The summed E-state index contributed by atoms with van der Waals surface area (Å²) in [6.07, 6.45) is 0. The molecule has 1 aromatic carbocycles. The minimum Gasteiger partial charge on any atom is -0.493 e. The van der Waals surface area contributed by atoms with Crippen molar-refractivity contribution in [2.24, 2.45) is 5.16 Å². The third-order valence-electron chi connectivity index (χ3n) is 3.91. The van der Waals surface area contributed by atoms with Crippen molar-refractivity contribution < 1.29 is 14.7 Å². The summed E-state index contributed by atoms with van der Waals surface area (Å²) < 4.78 is 11.5. The van der Waals surface area contributed by atoms with Gasteiger partial charge in [-0.05, 0) is 43.7 Å². The lowest BCUT2D eigenvalue weighted by atomic mass is 10.2. The van der Waals surface area contributed by atoms with Gasteiger partial charge in [0.05, 0.1) is 18.6 Å². The van der Waals surface area contributed by atoms with Gasteiger partial charge in [0, 0.05) is 18.0 Å². The fraction of sp³-hybridized carbons (Fsp3) is 0.333. The van der Waals surface area contributed by atoms with Gasteiger partial charge < -0.3 is 19.6 Å². The second kappa shape index (κ2) is 7.65. The Bertz CT molecular complexity index is 789. The summed E-state index contributed by atoms with van der Waals surface area (Å²) in [5.74, 6) is 3.85. The lowest BCUT2D eigenvalue weighted by molar-refractivity contribution is 0.307. The van der Waals surface area contributed by atoms with Crippen molar-refractivity contribution in [3.05, 3.63) is 47.2 Å². The van der Waals surface area contributed by atoms with Gasteiger partial charge in [0.25, 0.3) is 0 Å². The van der Waals surface area contributed by atoms with Crippen LogP contribution >= 0.6 is 11.8 Å². The third-order valence-corrected chi connectivity index (χ3v) is 4.88. The van der Waals surface area contributed by atoms with Crippen LogP contribution in [0.25, 0.3) is 0 Å². The Labute approximate surface area is 151 Å². The van der Waals surface area contributed by atoms with E-state index in [1.807, 2.05) is 49.1 Å². The molecule has 1 N–H and O–H groups in total.